The highest BCUT2D eigenvalue weighted by Crippen LogP contribution is 2.47. The average Bonchev–Trinajstić information content (AvgIpc) is 2.90. The molecule has 0 radical (unpaired) electrons. The predicted octanol–water partition coefficient (Wildman–Crippen LogP) is 4.67. The number of fused-ring (bicyclic) bond motifs is 1. The van der Waals surface area contributed by atoms with Gasteiger partial charge in [-0.15, -0.1) is 0 Å². The molecular formula is C21H18O3. The molecule has 0 spiro atoms. The zero-order valence-electron chi connectivity index (χ0n) is 13.4. The summed E-state index contributed by atoms with van der Waals surface area (Å²) in [5.74, 6) is -0.206. The third-order valence-corrected chi connectivity index (χ3v) is 4.08. The first-order valence-corrected chi connectivity index (χ1v) is 7.68. The lowest BCUT2D eigenvalue weighted by Crippen LogP contribution is -2.29. The minimum Gasteiger partial charge on any atom is -0.513 e. The summed E-state index contributed by atoms with van der Waals surface area (Å²) in [6.45, 7) is 5.47. The monoisotopic (exact) mass is 318 g/mol. The summed E-state index contributed by atoms with van der Waals surface area (Å²) in [5.41, 5.74) is 1.76. The molecule has 0 saturated carbocycles. The molecule has 0 bridgehead atoms. The average molecular weight is 318 g/mol. The van der Waals surface area contributed by atoms with Crippen LogP contribution in [0, 0.1) is 0 Å². The molecular weight excluding hydrogens is 300 g/mol. The third-order valence-electron chi connectivity index (χ3n) is 4.08. The summed E-state index contributed by atoms with van der Waals surface area (Å²) in [7, 11) is 0. The number of allylic oxidation sites excluding steroid dienone is 3. The van der Waals surface area contributed by atoms with Crippen molar-refractivity contribution in [2.45, 2.75) is 12.5 Å². The van der Waals surface area contributed by atoms with Crippen molar-refractivity contribution >= 4 is 5.97 Å². The normalized spacial score (nSPS) is 20.5. The molecule has 0 amide bonds. The maximum atomic E-state index is 12.5. The molecule has 1 atom stereocenters. The topological polar surface area (TPSA) is 46.5 Å². The van der Waals surface area contributed by atoms with Gasteiger partial charge in [-0.3, -0.25) is 0 Å². The van der Waals surface area contributed by atoms with Gasteiger partial charge in [0, 0.05) is 16.7 Å². The lowest BCUT2D eigenvalue weighted by atomic mass is 9.79. The number of aliphatic hydroxyl groups excluding tert-OH is 1. The van der Waals surface area contributed by atoms with Crippen molar-refractivity contribution in [2.75, 3.05) is 0 Å². The van der Waals surface area contributed by atoms with Crippen molar-refractivity contribution in [3.63, 3.8) is 0 Å². The molecule has 2 aromatic rings. The molecule has 3 heteroatoms. The van der Waals surface area contributed by atoms with Crippen LogP contribution in [0.5, 0.6) is 0 Å². The number of esters is 1. The molecule has 1 unspecified atom stereocenters. The number of benzene rings is 2. The van der Waals surface area contributed by atoms with E-state index in [1.54, 1.807) is 31.2 Å². The van der Waals surface area contributed by atoms with Gasteiger partial charge in [-0.25, -0.2) is 4.79 Å². The quantitative estimate of drug-likeness (QED) is 0.506. The molecule has 0 fully saturated rings. The second-order valence-electron chi connectivity index (χ2n) is 5.62. The molecule has 0 aliphatic carbocycles. The van der Waals surface area contributed by atoms with Gasteiger partial charge >= 0.3 is 5.97 Å². The van der Waals surface area contributed by atoms with Crippen molar-refractivity contribution in [1.82, 2.24) is 0 Å². The van der Waals surface area contributed by atoms with E-state index in [9.17, 15) is 9.90 Å². The number of hydrogen-bond donors (Lipinski definition) is 1. The molecule has 24 heavy (non-hydrogen) atoms. The Morgan fingerprint density at radius 2 is 1.75 bits per heavy atom. The third kappa shape index (κ3) is 2.44. The number of carbonyl (C=O) groups excluding carboxylic acids is 1. The lowest BCUT2D eigenvalue weighted by Gasteiger charge is -2.31. The van der Waals surface area contributed by atoms with Crippen molar-refractivity contribution in [3.8, 4) is 0 Å². The molecule has 1 aliphatic heterocycles. The molecule has 120 valence electrons. The van der Waals surface area contributed by atoms with Crippen LogP contribution < -0.4 is 0 Å². The molecule has 1 aliphatic rings. The summed E-state index contributed by atoms with van der Waals surface area (Å²) in [6.07, 6.45) is 4.95. The lowest BCUT2D eigenvalue weighted by molar-refractivity contribution is 0.0249. The van der Waals surface area contributed by atoms with E-state index in [1.807, 2.05) is 48.5 Å². The van der Waals surface area contributed by atoms with E-state index in [1.165, 1.54) is 0 Å². The van der Waals surface area contributed by atoms with Crippen molar-refractivity contribution in [2.24, 2.45) is 0 Å². The van der Waals surface area contributed by atoms with E-state index in [2.05, 4.69) is 6.58 Å². The van der Waals surface area contributed by atoms with Gasteiger partial charge in [-0.05, 0) is 19.1 Å². The van der Waals surface area contributed by atoms with Gasteiger partial charge in [0.1, 0.15) is 0 Å². The molecule has 0 saturated heterocycles. The molecule has 1 N–H and O–H groups in total. The highest BCUT2D eigenvalue weighted by molar-refractivity contribution is 5.96. The fraction of sp³-hybridized carbons (Fsp3) is 0.0952. The maximum absolute atomic E-state index is 12.5. The zero-order valence-corrected chi connectivity index (χ0v) is 13.4. The SMILES string of the molecule is C=C/C(=C\C=C(/C)O)C1(c2ccccc2)OC(=O)c2ccccc21. The van der Waals surface area contributed by atoms with E-state index in [-0.39, 0.29) is 11.7 Å². The van der Waals surface area contributed by atoms with Crippen LogP contribution in [0.4, 0.5) is 0 Å². The van der Waals surface area contributed by atoms with Crippen LogP contribution in [0.2, 0.25) is 0 Å². The Morgan fingerprint density at radius 1 is 1.08 bits per heavy atom. The highest BCUT2D eigenvalue weighted by Gasteiger charge is 2.48. The number of hydrogen-bond acceptors (Lipinski definition) is 3. The van der Waals surface area contributed by atoms with Gasteiger partial charge in [0.15, 0.2) is 5.60 Å². The largest absolute Gasteiger partial charge is 0.513 e. The van der Waals surface area contributed by atoms with Crippen molar-refractivity contribution < 1.29 is 14.6 Å². The van der Waals surface area contributed by atoms with Crippen LogP contribution in [0.15, 0.2) is 90.7 Å². The smallest absolute Gasteiger partial charge is 0.340 e. The van der Waals surface area contributed by atoms with E-state index in [0.717, 1.165) is 11.1 Å². The van der Waals surface area contributed by atoms with Crippen LogP contribution in [0.3, 0.4) is 0 Å². The predicted molar refractivity (Wildman–Crippen MR) is 93.7 cm³/mol. The van der Waals surface area contributed by atoms with Crippen LogP contribution in [0.25, 0.3) is 0 Å². The Kier molecular flexibility index (Phi) is 4.09. The second-order valence-corrected chi connectivity index (χ2v) is 5.62. The Bertz CT molecular complexity index is 842. The van der Waals surface area contributed by atoms with Gasteiger partial charge in [0.2, 0.25) is 0 Å². The number of aliphatic hydroxyl groups is 1. The van der Waals surface area contributed by atoms with Gasteiger partial charge in [-0.2, -0.15) is 0 Å². The van der Waals surface area contributed by atoms with Crippen molar-refractivity contribution in [1.29, 1.82) is 0 Å². The molecule has 0 aromatic heterocycles. The minimum atomic E-state index is -1.07. The summed E-state index contributed by atoms with van der Waals surface area (Å²) in [4.78, 5) is 12.5. The Labute approximate surface area is 141 Å². The maximum Gasteiger partial charge on any atom is 0.340 e. The van der Waals surface area contributed by atoms with E-state index in [0.29, 0.717) is 11.1 Å². The Balaban J connectivity index is 2.33. The van der Waals surface area contributed by atoms with E-state index < -0.39 is 5.60 Å². The highest BCUT2D eigenvalue weighted by atomic mass is 16.6. The number of ether oxygens (including phenoxy) is 1. The summed E-state index contributed by atoms with van der Waals surface area (Å²) in [6, 6.07) is 16.9. The van der Waals surface area contributed by atoms with Gasteiger partial charge in [0.05, 0.1) is 11.3 Å². The standard InChI is InChI=1S/C21H18O3/c1-3-16(14-13-15(2)22)21(17-9-5-4-6-10-17)19-12-8-7-11-18(19)20(23)24-21/h3-14,22H,1H2,2H3/b15-13+,16-14+. The fourth-order valence-electron chi connectivity index (χ4n) is 3.03. The van der Waals surface area contributed by atoms with Crippen LogP contribution in [0.1, 0.15) is 28.4 Å². The fourth-order valence-corrected chi connectivity index (χ4v) is 3.03. The molecule has 1 heterocycles. The summed E-state index contributed by atoms with van der Waals surface area (Å²) >= 11 is 0. The summed E-state index contributed by atoms with van der Waals surface area (Å²) < 4.78 is 5.90. The second kappa shape index (κ2) is 6.20. The van der Waals surface area contributed by atoms with Crippen LogP contribution in [-0.2, 0) is 10.3 Å². The summed E-state index contributed by atoms with van der Waals surface area (Å²) in [5, 5.41) is 9.52. The zero-order chi connectivity index (χ0) is 17.2. The molecule has 2 aromatic carbocycles. The number of carbonyl (C=O) groups is 1. The number of cyclic esters (lactones) is 1. The Morgan fingerprint density at radius 3 is 2.42 bits per heavy atom. The van der Waals surface area contributed by atoms with Crippen LogP contribution in [-0.4, -0.2) is 11.1 Å². The molecule has 3 rings (SSSR count). The first-order valence-electron chi connectivity index (χ1n) is 7.68. The van der Waals surface area contributed by atoms with Gasteiger partial charge < -0.3 is 9.84 Å². The van der Waals surface area contributed by atoms with Gasteiger partial charge in [-0.1, -0.05) is 67.3 Å². The molecule has 3 nitrogen and oxygen atoms in total. The van der Waals surface area contributed by atoms with E-state index >= 15 is 0 Å². The van der Waals surface area contributed by atoms with Crippen molar-refractivity contribution in [3.05, 3.63) is 107 Å². The Hall–Kier alpha value is -3.07. The van der Waals surface area contributed by atoms with E-state index in [4.69, 9.17) is 4.74 Å². The number of rotatable bonds is 4. The van der Waals surface area contributed by atoms with Crippen LogP contribution >= 0.6 is 0 Å². The van der Waals surface area contributed by atoms with Gasteiger partial charge in [0.25, 0.3) is 0 Å². The first-order chi connectivity index (χ1) is 11.6. The first kappa shape index (κ1) is 15.8. The minimum absolute atomic E-state index is 0.162.